The van der Waals surface area contributed by atoms with Gasteiger partial charge in [0.1, 0.15) is 0 Å². The van der Waals surface area contributed by atoms with E-state index in [1.54, 1.807) is 0 Å². The maximum absolute atomic E-state index is 13.2. The van der Waals surface area contributed by atoms with Gasteiger partial charge in [-0.3, -0.25) is 0 Å². The summed E-state index contributed by atoms with van der Waals surface area (Å²) in [5.74, 6) is -19.7. The molecule has 2 N–H and O–H groups in total. The lowest BCUT2D eigenvalue weighted by molar-refractivity contribution is -0.388. The molecule has 0 spiro atoms. The smallest absolute Gasteiger partial charge is 0.412 e. The van der Waals surface area contributed by atoms with Crippen LogP contribution >= 0.6 is 0 Å². The third-order valence-electron chi connectivity index (χ3n) is 2.71. The highest BCUT2D eigenvalue weighted by Gasteiger charge is 2.81. The molecule has 0 aromatic rings. The van der Waals surface area contributed by atoms with Crippen LogP contribution in [0.5, 0.6) is 0 Å². The Balaban J connectivity index is 5.74. The molecular weight excluding hydrogens is 355 g/mol. The number of alkyl halides is 9. The van der Waals surface area contributed by atoms with Crippen molar-refractivity contribution in [3.63, 3.8) is 0 Å². The molecular formula is C9H11F9O3Si. The Kier molecular flexibility index (Phi) is 6.14. The first-order valence-corrected chi connectivity index (χ1v) is 7.71. The van der Waals surface area contributed by atoms with Gasteiger partial charge >= 0.3 is 23.9 Å². The average Bonchev–Trinajstić information content (AvgIpc) is 2.39. The predicted molar refractivity (Wildman–Crippen MR) is 57.0 cm³/mol. The first kappa shape index (κ1) is 21.2. The lowest BCUT2D eigenvalue weighted by Gasteiger charge is -2.32. The van der Waals surface area contributed by atoms with Gasteiger partial charge in [-0.1, -0.05) is 5.70 Å². The highest BCUT2D eigenvalue weighted by molar-refractivity contribution is 6.78. The van der Waals surface area contributed by atoms with Crippen molar-refractivity contribution in [1.29, 1.82) is 0 Å². The normalized spacial score (nSPS) is 15.6. The molecule has 0 saturated carbocycles. The molecule has 0 radical (unpaired) electrons. The number of allylic oxidation sites excluding steroid dienone is 1. The van der Waals surface area contributed by atoms with Crippen molar-refractivity contribution in [1.82, 2.24) is 0 Å². The standard InChI is InChI=1S/C9H11F9O3Si/c1-21-22(4-19,5-20)3-2-6(10,11)7(12,13)8(14,15)9(16,17)18/h2-3,19-20H,4-5H2,1H3/b3-2+. The van der Waals surface area contributed by atoms with E-state index >= 15 is 0 Å². The zero-order chi connectivity index (χ0) is 18.0. The molecule has 0 aromatic carbocycles. The summed E-state index contributed by atoms with van der Waals surface area (Å²) in [7, 11) is -3.11. The van der Waals surface area contributed by atoms with E-state index in [-0.39, 0.29) is 5.70 Å². The zero-order valence-electron chi connectivity index (χ0n) is 10.8. The summed E-state index contributed by atoms with van der Waals surface area (Å²) in [4.78, 5) is 0. The molecule has 3 nitrogen and oxygen atoms in total. The Morgan fingerprint density at radius 3 is 1.55 bits per heavy atom. The molecule has 0 aliphatic carbocycles. The molecule has 0 saturated heterocycles. The summed E-state index contributed by atoms with van der Waals surface area (Å²) in [5.41, 5.74) is 0.0212. The van der Waals surface area contributed by atoms with Gasteiger partial charge in [-0.25, -0.2) is 0 Å². The second-order valence-electron chi connectivity index (χ2n) is 4.19. The number of hydrogen-bond donors (Lipinski definition) is 2. The van der Waals surface area contributed by atoms with E-state index in [0.29, 0.717) is 0 Å². The van der Waals surface area contributed by atoms with Gasteiger partial charge in [0.15, 0.2) is 0 Å². The maximum atomic E-state index is 13.2. The molecule has 0 atom stereocenters. The minimum Gasteiger partial charge on any atom is -0.412 e. The minimum atomic E-state index is -7.00. The van der Waals surface area contributed by atoms with Crippen LogP contribution in [0.25, 0.3) is 0 Å². The Bertz CT molecular complexity index is 395. The monoisotopic (exact) mass is 366 g/mol. The molecule has 0 aliphatic rings. The maximum Gasteiger partial charge on any atom is 0.460 e. The second-order valence-corrected chi connectivity index (χ2v) is 7.69. The number of aliphatic hydroxyl groups excluding tert-OH is 2. The van der Waals surface area contributed by atoms with E-state index in [1.807, 2.05) is 0 Å². The van der Waals surface area contributed by atoms with Crippen LogP contribution in [-0.4, -0.2) is 62.0 Å². The van der Waals surface area contributed by atoms with Crippen molar-refractivity contribution in [3.05, 3.63) is 11.8 Å². The Morgan fingerprint density at radius 2 is 1.27 bits per heavy atom. The molecule has 22 heavy (non-hydrogen) atoms. The summed E-state index contributed by atoms with van der Waals surface area (Å²) in [6, 6.07) is 0. The van der Waals surface area contributed by atoms with Crippen molar-refractivity contribution in [2.45, 2.75) is 23.9 Å². The topological polar surface area (TPSA) is 49.7 Å². The number of rotatable bonds is 7. The molecule has 0 rings (SSSR count). The lowest BCUT2D eigenvalue weighted by atomic mass is 10.0. The van der Waals surface area contributed by atoms with Gasteiger partial charge < -0.3 is 14.6 Å². The van der Waals surface area contributed by atoms with Gasteiger partial charge in [0, 0.05) is 7.11 Å². The number of halogens is 9. The van der Waals surface area contributed by atoms with Crippen LogP contribution in [0.3, 0.4) is 0 Å². The summed E-state index contributed by atoms with van der Waals surface area (Å²) in [6.07, 6.45) is -10.0. The molecule has 0 bridgehead atoms. The van der Waals surface area contributed by atoms with E-state index in [0.717, 1.165) is 7.11 Å². The largest absolute Gasteiger partial charge is 0.460 e. The molecule has 0 fully saturated rings. The van der Waals surface area contributed by atoms with Crippen LogP contribution < -0.4 is 0 Å². The minimum absolute atomic E-state index is 0.0212. The Hall–Kier alpha value is -0.793. The van der Waals surface area contributed by atoms with Gasteiger partial charge in [-0.15, -0.1) is 0 Å². The van der Waals surface area contributed by atoms with Gasteiger partial charge in [0.2, 0.25) is 0 Å². The predicted octanol–water partition coefficient (Wildman–Crippen LogP) is 2.20. The quantitative estimate of drug-likeness (QED) is 0.537. The first-order chi connectivity index (χ1) is 9.64. The van der Waals surface area contributed by atoms with Crippen molar-refractivity contribution in [2.24, 2.45) is 0 Å². The van der Waals surface area contributed by atoms with Gasteiger partial charge in [0.05, 0.1) is 12.5 Å². The van der Waals surface area contributed by atoms with Crippen LogP contribution in [0.2, 0.25) is 0 Å². The SMILES string of the molecule is CO[Si](/C=C/C(F)(F)C(F)(F)C(F)(F)C(F)(F)F)(CO)CO. The van der Waals surface area contributed by atoms with Crippen LogP contribution in [0.1, 0.15) is 0 Å². The van der Waals surface area contributed by atoms with E-state index in [2.05, 4.69) is 4.43 Å². The van der Waals surface area contributed by atoms with E-state index in [9.17, 15) is 39.5 Å². The average molecular weight is 366 g/mol. The van der Waals surface area contributed by atoms with Crippen molar-refractivity contribution in [3.8, 4) is 0 Å². The van der Waals surface area contributed by atoms with Crippen LogP contribution in [0, 0.1) is 0 Å². The molecule has 0 heterocycles. The molecule has 0 unspecified atom stereocenters. The lowest BCUT2D eigenvalue weighted by Crippen LogP contribution is -2.60. The molecule has 132 valence electrons. The molecule has 0 aliphatic heterocycles. The van der Waals surface area contributed by atoms with E-state index in [4.69, 9.17) is 10.2 Å². The first-order valence-electron chi connectivity index (χ1n) is 5.31. The molecule has 0 amide bonds. The van der Waals surface area contributed by atoms with Crippen LogP contribution in [-0.2, 0) is 4.43 Å². The summed E-state index contributed by atoms with van der Waals surface area (Å²) in [6.45, 7) is 0. The van der Waals surface area contributed by atoms with Crippen LogP contribution in [0.15, 0.2) is 11.8 Å². The second kappa shape index (κ2) is 6.37. The number of hydrogen-bond acceptors (Lipinski definition) is 3. The highest BCUT2D eigenvalue weighted by atomic mass is 28.4. The summed E-state index contributed by atoms with van der Waals surface area (Å²) >= 11 is 0. The fourth-order valence-electron chi connectivity index (χ4n) is 1.10. The van der Waals surface area contributed by atoms with Gasteiger partial charge in [-0.2, -0.15) is 39.5 Å². The van der Waals surface area contributed by atoms with Crippen molar-refractivity contribution >= 4 is 8.32 Å². The fourth-order valence-corrected chi connectivity index (χ4v) is 2.32. The third kappa shape index (κ3) is 3.57. The van der Waals surface area contributed by atoms with Gasteiger partial charge in [0.25, 0.3) is 8.32 Å². The fraction of sp³-hybridized carbons (Fsp3) is 0.778. The van der Waals surface area contributed by atoms with Gasteiger partial charge in [-0.05, 0) is 6.08 Å². The van der Waals surface area contributed by atoms with Crippen molar-refractivity contribution in [2.75, 3.05) is 19.6 Å². The molecule has 13 heteroatoms. The zero-order valence-corrected chi connectivity index (χ0v) is 11.8. The summed E-state index contributed by atoms with van der Waals surface area (Å²) < 4.78 is 117. The van der Waals surface area contributed by atoms with E-state index < -0.39 is 50.8 Å². The van der Waals surface area contributed by atoms with Crippen molar-refractivity contribution < 1.29 is 54.2 Å². The third-order valence-corrected chi connectivity index (χ3v) is 5.36. The Morgan fingerprint density at radius 1 is 0.864 bits per heavy atom. The van der Waals surface area contributed by atoms with Crippen LogP contribution in [0.4, 0.5) is 39.5 Å². The molecule has 0 aromatic heterocycles. The highest BCUT2D eigenvalue weighted by Crippen LogP contribution is 2.53. The Labute approximate surface area is 119 Å². The van der Waals surface area contributed by atoms with E-state index in [1.165, 1.54) is 0 Å². The number of aliphatic hydroxyl groups is 2. The summed E-state index contributed by atoms with van der Waals surface area (Å²) in [5, 5.41) is 17.7.